The van der Waals surface area contributed by atoms with Gasteiger partial charge >= 0.3 is 0 Å². The quantitative estimate of drug-likeness (QED) is 0.821. The Kier molecular flexibility index (Phi) is 4.65. The molecular formula is C13H13ClFNO. The summed E-state index contributed by atoms with van der Waals surface area (Å²) in [7, 11) is 0. The molecule has 0 aliphatic carbocycles. The minimum atomic E-state index is -1.08. The number of nitrogens with zero attached hydrogens (tertiary/aromatic N) is 1. The monoisotopic (exact) mass is 253 g/mol. The SMILES string of the molecule is CCC(C)C(=O)C(C#N)c1cccc(Cl)c1F. The van der Waals surface area contributed by atoms with Crippen LogP contribution in [0.2, 0.25) is 5.02 Å². The summed E-state index contributed by atoms with van der Waals surface area (Å²) in [6.45, 7) is 3.58. The molecule has 0 aromatic heterocycles. The number of Topliss-reactive ketones (excluding diaryl/α,β-unsaturated/α-hetero) is 1. The summed E-state index contributed by atoms with van der Waals surface area (Å²) >= 11 is 5.64. The topological polar surface area (TPSA) is 40.9 Å². The van der Waals surface area contributed by atoms with E-state index in [9.17, 15) is 9.18 Å². The molecule has 17 heavy (non-hydrogen) atoms. The summed E-state index contributed by atoms with van der Waals surface area (Å²) in [5.41, 5.74) is 0.0605. The molecule has 1 rings (SSSR count). The molecule has 90 valence electrons. The van der Waals surface area contributed by atoms with E-state index in [-0.39, 0.29) is 22.3 Å². The lowest BCUT2D eigenvalue weighted by Crippen LogP contribution is -2.19. The highest BCUT2D eigenvalue weighted by atomic mass is 35.5. The zero-order valence-electron chi connectivity index (χ0n) is 9.71. The van der Waals surface area contributed by atoms with E-state index in [1.54, 1.807) is 6.92 Å². The molecule has 0 saturated carbocycles. The summed E-state index contributed by atoms with van der Waals surface area (Å²) in [6, 6.07) is 6.21. The Labute approximate surface area is 105 Å². The summed E-state index contributed by atoms with van der Waals surface area (Å²) in [5.74, 6) is -2.30. The molecule has 2 atom stereocenters. The largest absolute Gasteiger partial charge is 0.298 e. The van der Waals surface area contributed by atoms with Gasteiger partial charge in [-0.25, -0.2) is 4.39 Å². The molecule has 0 bridgehead atoms. The van der Waals surface area contributed by atoms with Gasteiger partial charge in [-0.15, -0.1) is 0 Å². The second kappa shape index (κ2) is 5.79. The van der Waals surface area contributed by atoms with Crippen LogP contribution in [0.3, 0.4) is 0 Å². The Balaban J connectivity index is 3.16. The molecule has 0 aliphatic rings. The van der Waals surface area contributed by atoms with E-state index in [1.807, 2.05) is 13.0 Å². The van der Waals surface area contributed by atoms with Gasteiger partial charge in [-0.3, -0.25) is 4.79 Å². The fraction of sp³-hybridized carbons (Fsp3) is 0.385. The van der Waals surface area contributed by atoms with Crippen molar-refractivity contribution >= 4 is 17.4 Å². The number of carbonyl (C=O) groups excluding carboxylic acids is 1. The molecule has 0 N–H and O–H groups in total. The number of nitriles is 1. The standard InChI is InChI=1S/C13H13ClFNO/c1-3-8(2)13(17)10(7-16)9-5-4-6-11(14)12(9)15/h4-6,8,10H,3H2,1-2H3. The normalized spacial score (nSPS) is 13.8. The van der Waals surface area contributed by atoms with Gasteiger partial charge in [0.25, 0.3) is 0 Å². The Bertz CT molecular complexity index is 467. The molecule has 1 aromatic carbocycles. The van der Waals surface area contributed by atoms with Gasteiger partial charge < -0.3 is 0 Å². The van der Waals surface area contributed by atoms with Crippen molar-refractivity contribution < 1.29 is 9.18 Å². The van der Waals surface area contributed by atoms with Crippen LogP contribution in [0, 0.1) is 23.1 Å². The van der Waals surface area contributed by atoms with Crippen LogP contribution in [0.25, 0.3) is 0 Å². The van der Waals surface area contributed by atoms with Gasteiger partial charge in [-0.2, -0.15) is 5.26 Å². The molecule has 0 aliphatic heterocycles. The lowest BCUT2D eigenvalue weighted by atomic mass is 9.88. The van der Waals surface area contributed by atoms with E-state index in [2.05, 4.69) is 0 Å². The first kappa shape index (κ1) is 13.7. The average Bonchev–Trinajstić information content (AvgIpc) is 2.34. The molecular weight excluding hydrogens is 241 g/mol. The summed E-state index contributed by atoms with van der Waals surface area (Å²) in [4.78, 5) is 11.9. The first-order chi connectivity index (χ1) is 8.02. The van der Waals surface area contributed by atoms with Crippen molar-refractivity contribution in [1.29, 1.82) is 5.26 Å². The number of benzene rings is 1. The Morgan fingerprint density at radius 2 is 2.24 bits per heavy atom. The molecule has 0 radical (unpaired) electrons. The first-order valence-corrected chi connectivity index (χ1v) is 5.78. The van der Waals surface area contributed by atoms with Crippen LogP contribution >= 0.6 is 11.6 Å². The van der Waals surface area contributed by atoms with Crippen LogP contribution < -0.4 is 0 Å². The molecule has 0 saturated heterocycles. The van der Waals surface area contributed by atoms with E-state index < -0.39 is 11.7 Å². The third-order valence-corrected chi connectivity index (χ3v) is 3.10. The molecule has 0 fully saturated rings. The van der Waals surface area contributed by atoms with Crippen molar-refractivity contribution in [3.8, 4) is 6.07 Å². The number of halogens is 2. The molecule has 0 amide bonds. The highest BCUT2D eigenvalue weighted by Crippen LogP contribution is 2.27. The van der Waals surface area contributed by atoms with E-state index in [0.29, 0.717) is 6.42 Å². The smallest absolute Gasteiger partial charge is 0.157 e. The van der Waals surface area contributed by atoms with Gasteiger partial charge in [-0.1, -0.05) is 37.6 Å². The number of ketones is 1. The van der Waals surface area contributed by atoms with Crippen molar-refractivity contribution in [3.05, 3.63) is 34.6 Å². The van der Waals surface area contributed by atoms with Crippen LogP contribution in [0.15, 0.2) is 18.2 Å². The Hall–Kier alpha value is -1.40. The van der Waals surface area contributed by atoms with Crippen molar-refractivity contribution in [2.75, 3.05) is 0 Å². The Morgan fingerprint density at radius 1 is 1.59 bits per heavy atom. The van der Waals surface area contributed by atoms with Gasteiger partial charge in [0.2, 0.25) is 0 Å². The van der Waals surface area contributed by atoms with E-state index >= 15 is 0 Å². The lowest BCUT2D eigenvalue weighted by molar-refractivity contribution is -0.122. The highest BCUT2D eigenvalue weighted by Gasteiger charge is 2.27. The van der Waals surface area contributed by atoms with Gasteiger partial charge in [0.1, 0.15) is 11.7 Å². The first-order valence-electron chi connectivity index (χ1n) is 5.40. The number of rotatable bonds is 4. The third kappa shape index (κ3) is 2.83. The molecule has 0 heterocycles. The van der Waals surface area contributed by atoms with Crippen LogP contribution in [0.4, 0.5) is 4.39 Å². The molecule has 2 nitrogen and oxygen atoms in total. The van der Waals surface area contributed by atoms with Crippen molar-refractivity contribution in [1.82, 2.24) is 0 Å². The van der Waals surface area contributed by atoms with Gasteiger partial charge in [0.05, 0.1) is 11.1 Å². The number of hydrogen-bond donors (Lipinski definition) is 0. The lowest BCUT2D eigenvalue weighted by Gasteiger charge is -2.14. The van der Waals surface area contributed by atoms with Crippen LogP contribution in [-0.2, 0) is 4.79 Å². The zero-order chi connectivity index (χ0) is 13.0. The van der Waals surface area contributed by atoms with Crippen LogP contribution in [0.1, 0.15) is 31.7 Å². The van der Waals surface area contributed by atoms with E-state index in [1.165, 1.54) is 18.2 Å². The fourth-order valence-electron chi connectivity index (χ4n) is 1.52. The number of hydrogen-bond acceptors (Lipinski definition) is 2. The molecule has 1 aromatic rings. The van der Waals surface area contributed by atoms with Crippen molar-refractivity contribution in [3.63, 3.8) is 0 Å². The highest BCUT2D eigenvalue weighted by molar-refractivity contribution is 6.30. The maximum atomic E-state index is 13.7. The number of carbonyl (C=O) groups is 1. The molecule has 4 heteroatoms. The molecule has 2 unspecified atom stereocenters. The van der Waals surface area contributed by atoms with Crippen LogP contribution in [-0.4, -0.2) is 5.78 Å². The maximum Gasteiger partial charge on any atom is 0.157 e. The predicted molar refractivity (Wildman–Crippen MR) is 64.2 cm³/mol. The van der Waals surface area contributed by atoms with E-state index in [4.69, 9.17) is 16.9 Å². The zero-order valence-corrected chi connectivity index (χ0v) is 10.5. The second-order valence-corrected chi connectivity index (χ2v) is 4.32. The van der Waals surface area contributed by atoms with Crippen molar-refractivity contribution in [2.45, 2.75) is 26.2 Å². The summed E-state index contributed by atoms with van der Waals surface area (Å²) < 4.78 is 13.7. The minimum absolute atomic E-state index is 0.0605. The summed E-state index contributed by atoms with van der Waals surface area (Å²) in [5, 5.41) is 8.96. The van der Waals surface area contributed by atoms with E-state index in [0.717, 1.165) is 0 Å². The molecule has 0 spiro atoms. The van der Waals surface area contributed by atoms with Crippen LogP contribution in [0.5, 0.6) is 0 Å². The fourth-order valence-corrected chi connectivity index (χ4v) is 1.70. The minimum Gasteiger partial charge on any atom is -0.298 e. The second-order valence-electron chi connectivity index (χ2n) is 3.92. The van der Waals surface area contributed by atoms with Crippen molar-refractivity contribution in [2.24, 2.45) is 5.92 Å². The predicted octanol–water partition coefficient (Wildman–Crippen LogP) is 3.70. The average molecular weight is 254 g/mol. The van der Waals surface area contributed by atoms with Gasteiger partial charge in [0, 0.05) is 11.5 Å². The third-order valence-electron chi connectivity index (χ3n) is 2.80. The maximum absolute atomic E-state index is 13.7. The summed E-state index contributed by atoms with van der Waals surface area (Å²) in [6.07, 6.45) is 0.624. The van der Waals surface area contributed by atoms with Gasteiger partial charge in [0.15, 0.2) is 5.78 Å². The van der Waals surface area contributed by atoms with Gasteiger partial charge in [-0.05, 0) is 12.5 Å². The Morgan fingerprint density at radius 3 is 2.76 bits per heavy atom.